The van der Waals surface area contributed by atoms with Gasteiger partial charge >= 0.3 is 5.69 Å². The molecule has 2 aromatic heterocycles. The summed E-state index contributed by atoms with van der Waals surface area (Å²) in [5, 5.41) is 0. The molecule has 0 saturated heterocycles. The number of fused-ring (bicyclic) bond motifs is 2. The lowest BCUT2D eigenvalue weighted by molar-refractivity contribution is 1.05. The van der Waals surface area contributed by atoms with E-state index in [0.29, 0.717) is 11.0 Å². The highest BCUT2D eigenvalue weighted by molar-refractivity contribution is 5.85. The van der Waals surface area contributed by atoms with Crippen LogP contribution in [0.15, 0.2) is 27.8 Å². The van der Waals surface area contributed by atoms with Gasteiger partial charge in [0, 0.05) is 0 Å². The van der Waals surface area contributed by atoms with Gasteiger partial charge in [0.1, 0.15) is 0 Å². The first-order valence-electron chi connectivity index (χ1n) is 5.05. The van der Waals surface area contributed by atoms with Crippen LogP contribution in [0.5, 0.6) is 0 Å². The molecule has 0 aliphatic carbocycles. The number of H-pyrrole nitrogens is 2. The van der Waals surface area contributed by atoms with Gasteiger partial charge in [-0.1, -0.05) is 12.1 Å². The number of hydrogen-bond donors (Lipinski definition) is 2. The van der Waals surface area contributed by atoms with Crippen molar-refractivity contribution in [2.24, 2.45) is 0 Å². The van der Waals surface area contributed by atoms with E-state index in [0.717, 1.165) is 5.56 Å². The highest BCUT2D eigenvalue weighted by Crippen LogP contribution is 2.15. The van der Waals surface area contributed by atoms with Crippen LogP contribution >= 0.6 is 0 Å². The molecule has 0 saturated carbocycles. The summed E-state index contributed by atoms with van der Waals surface area (Å²) in [4.78, 5) is 35.7. The molecule has 6 nitrogen and oxygen atoms in total. The summed E-state index contributed by atoms with van der Waals surface area (Å²) < 4.78 is 0. The summed E-state index contributed by atoms with van der Waals surface area (Å²) in [5.74, 6) is 0. The molecule has 2 heterocycles. The van der Waals surface area contributed by atoms with E-state index in [4.69, 9.17) is 0 Å². The molecule has 0 radical (unpaired) electrons. The number of aryl methyl sites for hydroxylation is 1. The van der Waals surface area contributed by atoms with Gasteiger partial charge in [-0.15, -0.1) is 0 Å². The fraction of sp³-hybridized carbons (Fsp3) is 0.0909. The van der Waals surface area contributed by atoms with Crippen molar-refractivity contribution in [3.63, 3.8) is 0 Å². The van der Waals surface area contributed by atoms with Gasteiger partial charge in [-0.2, -0.15) is 0 Å². The molecule has 0 fully saturated rings. The lowest BCUT2D eigenvalue weighted by Crippen LogP contribution is -2.23. The molecule has 0 aliphatic heterocycles. The van der Waals surface area contributed by atoms with Crippen molar-refractivity contribution in [2.45, 2.75) is 6.92 Å². The molecule has 0 unspecified atom stereocenters. The Morgan fingerprint density at radius 3 is 2.71 bits per heavy atom. The number of aromatic amines is 2. The third-order valence-corrected chi connectivity index (χ3v) is 2.57. The molecule has 84 valence electrons. The molecule has 17 heavy (non-hydrogen) atoms. The van der Waals surface area contributed by atoms with Gasteiger partial charge in [-0.3, -0.25) is 14.8 Å². The molecule has 0 atom stereocenters. The Labute approximate surface area is 94.4 Å². The second-order valence-electron chi connectivity index (χ2n) is 3.77. The Kier molecular flexibility index (Phi) is 1.85. The summed E-state index contributed by atoms with van der Waals surface area (Å²) in [5.41, 5.74) is 1.50. The highest BCUT2D eigenvalue weighted by atomic mass is 16.2. The van der Waals surface area contributed by atoms with Crippen LogP contribution in [-0.2, 0) is 0 Å². The maximum Gasteiger partial charge on any atom is 0.327 e. The first kappa shape index (κ1) is 9.71. The van der Waals surface area contributed by atoms with Crippen LogP contribution in [0.4, 0.5) is 0 Å². The predicted molar refractivity (Wildman–Crippen MR) is 63.0 cm³/mol. The van der Waals surface area contributed by atoms with Crippen molar-refractivity contribution in [2.75, 3.05) is 0 Å². The largest absolute Gasteiger partial charge is 0.327 e. The SMILES string of the molecule is Cc1cccc2nc3c(=O)[nH]c(=O)[nH]c3nc12. The number of rotatable bonds is 0. The Morgan fingerprint density at radius 1 is 1.06 bits per heavy atom. The van der Waals surface area contributed by atoms with Crippen LogP contribution in [0.3, 0.4) is 0 Å². The minimum Gasteiger partial charge on any atom is -0.290 e. The first-order chi connectivity index (χ1) is 8.15. The lowest BCUT2D eigenvalue weighted by atomic mass is 10.2. The van der Waals surface area contributed by atoms with E-state index in [1.807, 2.05) is 19.1 Å². The van der Waals surface area contributed by atoms with Gasteiger partial charge in [0.05, 0.1) is 11.0 Å². The van der Waals surface area contributed by atoms with E-state index >= 15 is 0 Å². The minimum absolute atomic E-state index is 0.141. The molecule has 6 heteroatoms. The predicted octanol–water partition coefficient (Wildman–Crippen LogP) is 0.468. The van der Waals surface area contributed by atoms with Crippen LogP contribution < -0.4 is 11.2 Å². The van der Waals surface area contributed by atoms with Crippen molar-refractivity contribution < 1.29 is 0 Å². The first-order valence-corrected chi connectivity index (χ1v) is 5.05. The van der Waals surface area contributed by atoms with Crippen molar-refractivity contribution in [1.29, 1.82) is 0 Å². The number of benzene rings is 1. The van der Waals surface area contributed by atoms with Crippen molar-refractivity contribution in [3.05, 3.63) is 44.6 Å². The van der Waals surface area contributed by atoms with Crippen LogP contribution in [0.25, 0.3) is 22.2 Å². The van der Waals surface area contributed by atoms with E-state index < -0.39 is 11.2 Å². The number of hydrogen-bond acceptors (Lipinski definition) is 4. The number of nitrogens with one attached hydrogen (secondary N) is 2. The lowest BCUT2D eigenvalue weighted by Gasteiger charge is -2.01. The topological polar surface area (TPSA) is 91.5 Å². The van der Waals surface area contributed by atoms with E-state index in [-0.39, 0.29) is 11.2 Å². The maximum absolute atomic E-state index is 11.6. The fourth-order valence-electron chi connectivity index (χ4n) is 1.76. The van der Waals surface area contributed by atoms with E-state index in [1.54, 1.807) is 6.07 Å². The van der Waals surface area contributed by atoms with Crippen molar-refractivity contribution in [3.8, 4) is 0 Å². The second kappa shape index (κ2) is 3.24. The average Bonchev–Trinajstić information content (AvgIpc) is 2.28. The van der Waals surface area contributed by atoms with E-state index in [2.05, 4.69) is 19.9 Å². The van der Waals surface area contributed by atoms with Crippen LogP contribution in [0, 0.1) is 6.92 Å². The summed E-state index contributed by atoms with van der Waals surface area (Å²) in [6, 6.07) is 5.52. The highest BCUT2D eigenvalue weighted by Gasteiger charge is 2.07. The van der Waals surface area contributed by atoms with E-state index in [1.165, 1.54) is 0 Å². The Morgan fingerprint density at radius 2 is 1.88 bits per heavy atom. The zero-order valence-corrected chi connectivity index (χ0v) is 8.94. The minimum atomic E-state index is -0.579. The third kappa shape index (κ3) is 1.42. The Bertz CT molecular complexity index is 847. The molecule has 0 bridgehead atoms. The molecular weight excluding hydrogens is 220 g/mol. The monoisotopic (exact) mass is 228 g/mol. The summed E-state index contributed by atoms with van der Waals surface area (Å²) in [6.07, 6.45) is 0. The molecule has 2 N–H and O–H groups in total. The maximum atomic E-state index is 11.6. The normalized spacial score (nSPS) is 11.1. The molecule has 0 spiro atoms. The van der Waals surface area contributed by atoms with Crippen LogP contribution in [0.2, 0.25) is 0 Å². The second-order valence-corrected chi connectivity index (χ2v) is 3.77. The van der Waals surface area contributed by atoms with Gasteiger partial charge in [-0.25, -0.2) is 14.8 Å². The summed E-state index contributed by atoms with van der Waals surface area (Å²) in [6.45, 7) is 1.90. The third-order valence-electron chi connectivity index (χ3n) is 2.57. The van der Waals surface area contributed by atoms with Gasteiger partial charge in [0.25, 0.3) is 5.56 Å². The molecule has 1 aromatic carbocycles. The quantitative estimate of drug-likeness (QED) is 0.547. The number of para-hydroxylation sites is 1. The zero-order valence-electron chi connectivity index (χ0n) is 8.94. The van der Waals surface area contributed by atoms with Crippen molar-refractivity contribution in [1.82, 2.24) is 19.9 Å². The van der Waals surface area contributed by atoms with Gasteiger partial charge in [0.2, 0.25) is 0 Å². The van der Waals surface area contributed by atoms with Crippen LogP contribution in [0.1, 0.15) is 5.56 Å². The number of nitrogens with zero attached hydrogens (tertiary/aromatic N) is 2. The molecule has 0 amide bonds. The van der Waals surface area contributed by atoms with Gasteiger partial charge in [-0.05, 0) is 18.6 Å². The summed E-state index contributed by atoms with van der Waals surface area (Å²) >= 11 is 0. The molecule has 0 aliphatic rings. The Hall–Kier alpha value is -2.50. The van der Waals surface area contributed by atoms with Gasteiger partial charge < -0.3 is 0 Å². The zero-order chi connectivity index (χ0) is 12.0. The smallest absolute Gasteiger partial charge is 0.290 e. The molecular formula is C11H8N4O2. The van der Waals surface area contributed by atoms with Crippen molar-refractivity contribution >= 4 is 22.2 Å². The molecule has 3 aromatic rings. The fourth-order valence-corrected chi connectivity index (χ4v) is 1.76. The molecule has 3 rings (SSSR count). The Balaban J connectivity index is 2.62. The summed E-state index contributed by atoms with van der Waals surface area (Å²) in [7, 11) is 0. The van der Waals surface area contributed by atoms with Gasteiger partial charge in [0.15, 0.2) is 11.2 Å². The van der Waals surface area contributed by atoms with Crippen LogP contribution in [-0.4, -0.2) is 19.9 Å². The van der Waals surface area contributed by atoms with E-state index in [9.17, 15) is 9.59 Å². The standard InChI is InChI=1S/C11H8N4O2/c1-5-3-2-4-6-7(5)13-9-8(12-6)10(16)15-11(17)14-9/h2-4H,1H3,(H2,13,14,15,16,17). The average molecular weight is 228 g/mol. The number of aromatic nitrogens is 4.